The largest absolute Gasteiger partial charge is 0.380 e. The molecule has 0 atom stereocenters. The lowest BCUT2D eigenvalue weighted by Crippen LogP contribution is -1.90. The molecule has 1 aromatic heterocycles. The number of nitrogens with zero attached hydrogens (tertiary/aromatic N) is 1. The first-order valence-corrected chi connectivity index (χ1v) is 6.65. The number of hydrogen-bond donors (Lipinski definition) is 1. The van der Waals surface area contributed by atoms with E-state index in [1.807, 2.05) is 26.0 Å². The number of aromatic nitrogens is 1. The molecule has 0 unspecified atom stereocenters. The van der Waals surface area contributed by atoms with Gasteiger partial charge in [0, 0.05) is 5.56 Å². The van der Waals surface area contributed by atoms with E-state index in [0.717, 1.165) is 16.7 Å². The molecule has 106 valence electrons. The van der Waals surface area contributed by atoms with E-state index in [9.17, 15) is 4.39 Å². The lowest BCUT2D eigenvalue weighted by Gasteiger charge is -2.06. The molecule has 2 aromatic carbocycles. The Morgan fingerprint density at radius 2 is 1.90 bits per heavy atom. The molecule has 21 heavy (non-hydrogen) atoms. The number of nitrogens with two attached hydrogens (primary N) is 1. The van der Waals surface area contributed by atoms with Gasteiger partial charge in [0.1, 0.15) is 5.82 Å². The first-order chi connectivity index (χ1) is 10.1. The average Bonchev–Trinajstić information content (AvgIpc) is 2.80. The van der Waals surface area contributed by atoms with Gasteiger partial charge in [0.2, 0.25) is 0 Å². The fourth-order valence-electron chi connectivity index (χ4n) is 2.48. The number of anilines is 1. The van der Waals surface area contributed by atoms with E-state index in [1.165, 1.54) is 12.1 Å². The Morgan fingerprint density at radius 3 is 2.62 bits per heavy atom. The minimum Gasteiger partial charge on any atom is -0.380 e. The van der Waals surface area contributed by atoms with Crippen LogP contribution in [0.1, 0.15) is 11.1 Å². The van der Waals surface area contributed by atoms with Crippen LogP contribution in [0.15, 0.2) is 47.0 Å². The zero-order valence-corrected chi connectivity index (χ0v) is 11.9. The molecule has 0 amide bonds. The summed E-state index contributed by atoms with van der Waals surface area (Å²) in [5.41, 5.74) is 10.3. The van der Waals surface area contributed by atoms with Crippen LogP contribution >= 0.6 is 0 Å². The van der Waals surface area contributed by atoms with Crippen molar-refractivity contribution in [1.82, 2.24) is 5.16 Å². The highest BCUT2D eigenvalue weighted by atomic mass is 19.1. The summed E-state index contributed by atoms with van der Waals surface area (Å²) in [6.07, 6.45) is 0. The van der Waals surface area contributed by atoms with E-state index >= 15 is 0 Å². The highest BCUT2D eigenvalue weighted by molar-refractivity contribution is 5.87. The predicted octanol–water partition coefficient (Wildman–Crippen LogP) is 4.35. The first kappa shape index (κ1) is 13.4. The third-order valence-electron chi connectivity index (χ3n) is 3.46. The molecule has 0 aliphatic rings. The van der Waals surface area contributed by atoms with E-state index in [2.05, 4.69) is 11.2 Å². The molecule has 0 fully saturated rings. The van der Waals surface area contributed by atoms with Gasteiger partial charge in [-0.05, 0) is 37.1 Å². The summed E-state index contributed by atoms with van der Waals surface area (Å²) < 4.78 is 18.9. The van der Waals surface area contributed by atoms with Crippen molar-refractivity contribution >= 4 is 5.82 Å². The van der Waals surface area contributed by atoms with E-state index in [4.69, 9.17) is 10.3 Å². The van der Waals surface area contributed by atoms with Gasteiger partial charge in [-0.1, -0.05) is 41.1 Å². The lowest BCUT2D eigenvalue weighted by atomic mass is 9.97. The number of hydrogen-bond acceptors (Lipinski definition) is 3. The van der Waals surface area contributed by atoms with E-state index in [0.29, 0.717) is 16.9 Å². The van der Waals surface area contributed by atoms with Gasteiger partial charge < -0.3 is 10.3 Å². The molecule has 0 saturated heterocycles. The monoisotopic (exact) mass is 282 g/mol. The summed E-state index contributed by atoms with van der Waals surface area (Å²) in [6.45, 7) is 4.02. The second kappa shape index (κ2) is 5.05. The Hall–Kier alpha value is -2.62. The predicted molar refractivity (Wildman–Crippen MR) is 81.2 cm³/mol. The summed E-state index contributed by atoms with van der Waals surface area (Å²) in [5.74, 6) is 0.505. The molecule has 0 saturated carbocycles. The van der Waals surface area contributed by atoms with Gasteiger partial charge >= 0.3 is 0 Å². The van der Waals surface area contributed by atoms with Crippen molar-refractivity contribution < 1.29 is 8.91 Å². The van der Waals surface area contributed by atoms with Crippen molar-refractivity contribution in [3.63, 3.8) is 0 Å². The van der Waals surface area contributed by atoms with Crippen LogP contribution in [-0.4, -0.2) is 5.16 Å². The quantitative estimate of drug-likeness (QED) is 0.760. The Balaban J connectivity index is 2.22. The van der Waals surface area contributed by atoms with Crippen LogP contribution in [0.3, 0.4) is 0 Å². The van der Waals surface area contributed by atoms with E-state index in [1.54, 1.807) is 12.1 Å². The topological polar surface area (TPSA) is 52.0 Å². The molecular formula is C17H15FN2O. The zero-order chi connectivity index (χ0) is 15.0. The van der Waals surface area contributed by atoms with E-state index in [-0.39, 0.29) is 11.6 Å². The Labute approximate surface area is 122 Å². The van der Waals surface area contributed by atoms with Crippen LogP contribution in [0.4, 0.5) is 10.2 Å². The molecule has 0 aliphatic heterocycles. The summed E-state index contributed by atoms with van der Waals surface area (Å²) in [5, 5.41) is 3.84. The fraction of sp³-hybridized carbons (Fsp3) is 0.118. The van der Waals surface area contributed by atoms with Crippen molar-refractivity contribution in [1.29, 1.82) is 0 Å². The van der Waals surface area contributed by atoms with Crippen LogP contribution in [0, 0.1) is 19.7 Å². The SMILES string of the molecule is Cc1ccc(-c2onc(N)c2-c2cccc(F)c2)c(C)c1. The van der Waals surface area contributed by atoms with Gasteiger partial charge in [-0.3, -0.25) is 0 Å². The first-order valence-electron chi connectivity index (χ1n) is 6.65. The minimum absolute atomic E-state index is 0.260. The van der Waals surface area contributed by atoms with Gasteiger partial charge in [-0.25, -0.2) is 4.39 Å². The standard InChI is InChI=1S/C17H15FN2O/c1-10-6-7-14(11(2)8-10)16-15(17(19)20-21-16)12-4-3-5-13(18)9-12/h3-9H,1-2H3,(H2,19,20). The van der Waals surface area contributed by atoms with Crippen molar-refractivity contribution in [2.24, 2.45) is 0 Å². The molecule has 1 heterocycles. The minimum atomic E-state index is -0.320. The molecule has 3 rings (SSSR count). The molecule has 0 spiro atoms. The van der Waals surface area contributed by atoms with Crippen molar-refractivity contribution in [2.45, 2.75) is 13.8 Å². The van der Waals surface area contributed by atoms with Crippen LogP contribution < -0.4 is 5.73 Å². The van der Waals surface area contributed by atoms with Gasteiger partial charge in [0.05, 0.1) is 5.56 Å². The second-order valence-electron chi connectivity index (χ2n) is 5.10. The number of nitrogen functional groups attached to an aromatic ring is 1. The maximum Gasteiger partial charge on any atom is 0.177 e. The van der Waals surface area contributed by atoms with Gasteiger partial charge in [0.15, 0.2) is 11.6 Å². The fourth-order valence-corrected chi connectivity index (χ4v) is 2.48. The molecule has 0 aliphatic carbocycles. The normalized spacial score (nSPS) is 10.8. The third-order valence-corrected chi connectivity index (χ3v) is 3.46. The van der Waals surface area contributed by atoms with Gasteiger partial charge in [-0.15, -0.1) is 0 Å². The molecule has 3 aromatic rings. The van der Waals surface area contributed by atoms with E-state index < -0.39 is 0 Å². The zero-order valence-electron chi connectivity index (χ0n) is 11.9. The average molecular weight is 282 g/mol. The number of rotatable bonds is 2. The molecular weight excluding hydrogens is 267 g/mol. The summed E-state index contributed by atoms with van der Waals surface area (Å²) in [7, 11) is 0. The van der Waals surface area contributed by atoms with Crippen molar-refractivity contribution in [2.75, 3.05) is 5.73 Å². The van der Waals surface area contributed by atoms with Gasteiger partial charge in [-0.2, -0.15) is 0 Å². The number of halogens is 1. The molecule has 0 radical (unpaired) electrons. The van der Waals surface area contributed by atoms with Crippen molar-refractivity contribution in [3.05, 3.63) is 59.4 Å². The number of aryl methyl sites for hydroxylation is 2. The Bertz CT molecular complexity index is 808. The highest BCUT2D eigenvalue weighted by Gasteiger charge is 2.19. The molecule has 2 N–H and O–H groups in total. The lowest BCUT2D eigenvalue weighted by molar-refractivity contribution is 0.436. The molecule has 3 nitrogen and oxygen atoms in total. The smallest absolute Gasteiger partial charge is 0.177 e. The summed E-state index contributed by atoms with van der Waals surface area (Å²) in [4.78, 5) is 0. The van der Waals surface area contributed by atoms with Crippen LogP contribution in [0.5, 0.6) is 0 Å². The van der Waals surface area contributed by atoms with Crippen molar-refractivity contribution in [3.8, 4) is 22.5 Å². The van der Waals surface area contributed by atoms with Crippen LogP contribution in [0.25, 0.3) is 22.5 Å². The van der Waals surface area contributed by atoms with Crippen LogP contribution in [0.2, 0.25) is 0 Å². The highest BCUT2D eigenvalue weighted by Crippen LogP contribution is 2.38. The molecule has 4 heteroatoms. The van der Waals surface area contributed by atoms with Gasteiger partial charge in [0.25, 0.3) is 0 Å². The van der Waals surface area contributed by atoms with Crippen LogP contribution in [-0.2, 0) is 0 Å². The maximum absolute atomic E-state index is 13.5. The summed E-state index contributed by atoms with van der Waals surface area (Å²) >= 11 is 0. The Kier molecular flexibility index (Phi) is 3.22. The third kappa shape index (κ3) is 2.40. The molecule has 0 bridgehead atoms. The number of benzene rings is 2. The second-order valence-corrected chi connectivity index (χ2v) is 5.10. The Morgan fingerprint density at radius 1 is 1.10 bits per heavy atom. The summed E-state index contributed by atoms with van der Waals surface area (Å²) in [6, 6.07) is 12.3. The maximum atomic E-state index is 13.5.